The van der Waals surface area contributed by atoms with E-state index < -0.39 is 5.97 Å². The third-order valence-corrected chi connectivity index (χ3v) is 4.65. The van der Waals surface area contributed by atoms with Gasteiger partial charge in [0.05, 0.1) is 11.3 Å². The van der Waals surface area contributed by atoms with Crippen LogP contribution in [-0.4, -0.2) is 44.9 Å². The average Bonchev–Trinajstić information content (AvgIpc) is 2.62. The van der Waals surface area contributed by atoms with Crippen molar-refractivity contribution >= 4 is 11.9 Å². The quantitative estimate of drug-likeness (QED) is 0.926. The second-order valence-electron chi connectivity index (χ2n) is 6.44. The molecule has 1 aliphatic heterocycles. The van der Waals surface area contributed by atoms with Crippen LogP contribution < -0.4 is 0 Å². The maximum atomic E-state index is 11.4. The van der Waals surface area contributed by atoms with Gasteiger partial charge in [-0.15, -0.1) is 0 Å². The highest BCUT2D eigenvalue weighted by atomic mass is 16.4. The van der Waals surface area contributed by atoms with Gasteiger partial charge in [-0.1, -0.05) is 6.07 Å². The molecule has 2 aromatic heterocycles. The van der Waals surface area contributed by atoms with Gasteiger partial charge >= 0.3 is 5.97 Å². The van der Waals surface area contributed by atoms with E-state index in [4.69, 9.17) is 5.11 Å². The molecule has 6 heteroatoms. The van der Waals surface area contributed by atoms with Crippen molar-refractivity contribution in [1.82, 2.24) is 14.9 Å². The minimum absolute atomic E-state index is 0.143. The number of hydrogen-bond donors (Lipinski definition) is 1. The number of amides is 1. The Morgan fingerprint density at radius 1 is 1.24 bits per heavy atom. The Bertz CT molecular complexity index is 783. The number of likely N-dealkylation sites (tertiary alicyclic amines) is 1. The summed E-state index contributed by atoms with van der Waals surface area (Å²) in [4.78, 5) is 33.1. The normalized spacial score (nSPS) is 15.2. The van der Waals surface area contributed by atoms with Crippen LogP contribution in [-0.2, 0) is 11.2 Å². The minimum atomic E-state index is -0.997. The van der Waals surface area contributed by atoms with Crippen LogP contribution in [0, 0.1) is 5.92 Å². The maximum Gasteiger partial charge on any atom is 0.337 e. The van der Waals surface area contributed by atoms with Crippen LogP contribution in [0.5, 0.6) is 0 Å². The fourth-order valence-corrected chi connectivity index (χ4v) is 3.20. The number of aromatic carboxylic acids is 1. The van der Waals surface area contributed by atoms with Crippen molar-refractivity contribution in [3.63, 3.8) is 0 Å². The molecular weight excluding hydrogens is 318 g/mol. The van der Waals surface area contributed by atoms with Gasteiger partial charge in [-0.25, -0.2) is 4.79 Å². The van der Waals surface area contributed by atoms with Crippen LogP contribution in [0.15, 0.2) is 36.7 Å². The molecule has 6 nitrogen and oxygen atoms in total. The van der Waals surface area contributed by atoms with E-state index in [0.717, 1.165) is 43.7 Å². The Kier molecular flexibility index (Phi) is 5.07. The summed E-state index contributed by atoms with van der Waals surface area (Å²) in [5.41, 5.74) is 2.57. The number of carbonyl (C=O) groups excluding carboxylic acids is 1. The Hall–Kier alpha value is -2.76. The van der Waals surface area contributed by atoms with E-state index in [1.54, 1.807) is 19.2 Å². The number of rotatable bonds is 4. The smallest absolute Gasteiger partial charge is 0.337 e. The summed E-state index contributed by atoms with van der Waals surface area (Å²) in [7, 11) is 0. The molecule has 130 valence electrons. The van der Waals surface area contributed by atoms with E-state index in [9.17, 15) is 9.59 Å². The highest BCUT2D eigenvalue weighted by Gasteiger charge is 2.21. The van der Waals surface area contributed by atoms with Gasteiger partial charge in [0.15, 0.2) is 0 Å². The summed E-state index contributed by atoms with van der Waals surface area (Å²) in [6, 6.07) is 7.39. The molecule has 1 saturated heterocycles. The highest BCUT2D eigenvalue weighted by Crippen LogP contribution is 2.23. The molecule has 1 amide bonds. The third-order valence-electron chi connectivity index (χ3n) is 4.65. The Morgan fingerprint density at radius 2 is 2.00 bits per heavy atom. The molecule has 0 saturated carbocycles. The average molecular weight is 339 g/mol. The van der Waals surface area contributed by atoms with Crippen molar-refractivity contribution in [3.05, 3.63) is 47.9 Å². The van der Waals surface area contributed by atoms with Crippen LogP contribution in [0.2, 0.25) is 0 Å². The van der Waals surface area contributed by atoms with E-state index in [2.05, 4.69) is 9.97 Å². The van der Waals surface area contributed by atoms with E-state index in [0.29, 0.717) is 11.5 Å². The molecular formula is C19H21N3O3. The van der Waals surface area contributed by atoms with Gasteiger partial charge in [-0.05, 0) is 43.4 Å². The van der Waals surface area contributed by atoms with Gasteiger partial charge < -0.3 is 10.0 Å². The predicted molar refractivity (Wildman–Crippen MR) is 93.1 cm³/mol. The highest BCUT2D eigenvalue weighted by molar-refractivity contribution is 5.88. The van der Waals surface area contributed by atoms with Gasteiger partial charge in [-0.3, -0.25) is 14.8 Å². The molecule has 0 atom stereocenters. The first-order valence-corrected chi connectivity index (χ1v) is 8.43. The van der Waals surface area contributed by atoms with Crippen LogP contribution in [0.4, 0.5) is 0 Å². The number of aromatic nitrogens is 2. The van der Waals surface area contributed by atoms with Crippen molar-refractivity contribution in [3.8, 4) is 11.3 Å². The van der Waals surface area contributed by atoms with Crippen LogP contribution >= 0.6 is 0 Å². The number of carbonyl (C=O) groups is 2. The topological polar surface area (TPSA) is 83.4 Å². The third kappa shape index (κ3) is 4.21. The molecule has 3 rings (SSSR count). The molecule has 2 aromatic rings. The lowest BCUT2D eigenvalue weighted by Crippen LogP contribution is -2.37. The molecule has 3 heterocycles. The summed E-state index contributed by atoms with van der Waals surface area (Å²) in [5, 5.41) is 9.10. The fraction of sp³-hybridized carbons (Fsp3) is 0.368. The number of pyridine rings is 2. The molecule has 25 heavy (non-hydrogen) atoms. The summed E-state index contributed by atoms with van der Waals surface area (Å²) in [6.45, 7) is 3.24. The van der Waals surface area contributed by atoms with Gasteiger partial charge in [-0.2, -0.15) is 0 Å². The van der Waals surface area contributed by atoms with Crippen LogP contribution in [0.25, 0.3) is 11.3 Å². The minimum Gasteiger partial charge on any atom is -0.478 e. The van der Waals surface area contributed by atoms with Crippen molar-refractivity contribution in [1.29, 1.82) is 0 Å². The zero-order valence-electron chi connectivity index (χ0n) is 14.2. The standard InChI is InChI=1S/C19H21N3O3/c1-13(23)22-7-5-14(6-8-22)9-17-3-2-4-18(21-17)15-10-16(19(24)25)12-20-11-15/h2-4,10-12,14H,5-9H2,1H3,(H,24,25). The van der Waals surface area contributed by atoms with Crippen molar-refractivity contribution in [2.75, 3.05) is 13.1 Å². The van der Waals surface area contributed by atoms with Crippen molar-refractivity contribution < 1.29 is 14.7 Å². The second kappa shape index (κ2) is 7.42. The van der Waals surface area contributed by atoms with Gasteiger partial charge in [0.25, 0.3) is 0 Å². The van der Waals surface area contributed by atoms with E-state index in [-0.39, 0.29) is 11.5 Å². The molecule has 0 radical (unpaired) electrons. The summed E-state index contributed by atoms with van der Waals surface area (Å²) < 4.78 is 0. The SMILES string of the molecule is CC(=O)N1CCC(Cc2cccc(-c3cncc(C(=O)O)c3)n2)CC1. The number of piperidine rings is 1. The van der Waals surface area contributed by atoms with Crippen molar-refractivity contribution in [2.45, 2.75) is 26.2 Å². The summed E-state index contributed by atoms with van der Waals surface area (Å²) in [6.07, 6.45) is 5.80. The van der Waals surface area contributed by atoms with Gasteiger partial charge in [0.1, 0.15) is 0 Å². The summed E-state index contributed by atoms with van der Waals surface area (Å²) >= 11 is 0. The first kappa shape index (κ1) is 17.1. The predicted octanol–water partition coefficient (Wildman–Crippen LogP) is 2.64. The Labute approximate surface area is 146 Å². The second-order valence-corrected chi connectivity index (χ2v) is 6.44. The zero-order chi connectivity index (χ0) is 17.8. The maximum absolute atomic E-state index is 11.4. The monoisotopic (exact) mass is 339 g/mol. The number of carboxylic acid groups (broad SMARTS) is 1. The Balaban J connectivity index is 1.71. The lowest BCUT2D eigenvalue weighted by Gasteiger charge is -2.31. The van der Waals surface area contributed by atoms with Gasteiger partial charge in [0.2, 0.25) is 5.91 Å². The molecule has 0 bridgehead atoms. The van der Waals surface area contributed by atoms with Crippen LogP contribution in [0.3, 0.4) is 0 Å². The fourth-order valence-electron chi connectivity index (χ4n) is 3.20. The van der Waals surface area contributed by atoms with Crippen LogP contribution in [0.1, 0.15) is 35.8 Å². The lowest BCUT2D eigenvalue weighted by atomic mass is 9.92. The van der Waals surface area contributed by atoms with E-state index in [1.165, 1.54) is 6.20 Å². The lowest BCUT2D eigenvalue weighted by molar-refractivity contribution is -0.130. The van der Waals surface area contributed by atoms with Gasteiger partial charge in [0, 0.05) is 43.7 Å². The molecule has 1 fully saturated rings. The largest absolute Gasteiger partial charge is 0.478 e. The molecule has 0 spiro atoms. The first-order valence-electron chi connectivity index (χ1n) is 8.43. The summed E-state index contributed by atoms with van der Waals surface area (Å²) in [5.74, 6) is -0.339. The number of nitrogens with zero attached hydrogens (tertiary/aromatic N) is 3. The molecule has 0 unspecified atom stereocenters. The zero-order valence-corrected chi connectivity index (χ0v) is 14.2. The molecule has 1 aliphatic rings. The molecule has 0 aromatic carbocycles. The molecule has 0 aliphatic carbocycles. The van der Waals surface area contributed by atoms with E-state index in [1.807, 2.05) is 23.1 Å². The first-order chi connectivity index (χ1) is 12.0. The Morgan fingerprint density at radius 3 is 2.68 bits per heavy atom. The van der Waals surface area contributed by atoms with Crippen molar-refractivity contribution in [2.24, 2.45) is 5.92 Å². The molecule has 1 N–H and O–H groups in total. The van der Waals surface area contributed by atoms with E-state index >= 15 is 0 Å². The number of carboxylic acids is 1. The number of hydrogen-bond acceptors (Lipinski definition) is 4.